The highest BCUT2D eigenvalue weighted by Gasteiger charge is 2.11. The van der Waals surface area contributed by atoms with Gasteiger partial charge in [-0.05, 0) is 44.4 Å². The van der Waals surface area contributed by atoms with E-state index in [4.69, 9.17) is 5.73 Å². The molecule has 0 saturated heterocycles. The van der Waals surface area contributed by atoms with E-state index in [2.05, 4.69) is 63.9 Å². The zero-order chi connectivity index (χ0) is 13.7. The minimum Gasteiger partial charge on any atom is -0.323 e. The summed E-state index contributed by atoms with van der Waals surface area (Å²) in [6.07, 6.45) is 1.14. The summed E-state index contributed by atoms with van der Waals surface area (Å²) >= 11 is 0. The zero-order valence-electron chi connectivity index (χ0n) is 12.5. The molecule has 0 aliphatic heterocycles. The quantitative estimate of drug-likeness (QED) is 0.837. The third kappa shape index (κ3) is 4.79. The normalized spacial score (nSPS) is 13.6. The smallest absolute Gasteiger partial charge is 0.0424 e. The Bertz CT molecular complexity index is 341. The minimum atomic E-state index is 0.102. The summed E-state index contributed by atoms with van der Waals surface area (Å²) in [6.45, 7) is 9.78. The van der Waals surface area contributed by atoms with E-state index >= 15 is 0 Å². The topological polar surface area (TPSA) is 29.3 Å². The molecule has 0 bridgehead atoms. The molecule has 1 unspecified atom stereocenters. The van der Waals surface area contributed by atoms with Gasteiger partial charge in [0.25, 0.3) is 0 Å². The summed E-state index contributed by atoms with van der Waals surface area (Å²) in [4.78, 5) is 2.28. The maximum Gasteiger partial charge on any atom is 0.0424 e. The molecule has 0 fully saturated rings. The van der Waals surface area contributed by atoms with Crippen molar-refractivity contribution in [3.05, 3.63) is 35.4 Å². The van der Waals surface area contributed by atoms with Crippen LogP contribution in [0.25, 0.3) is 0 Å². The molecular formula is C16H28N2. The number of hydrogen-bond donors (Lipinski definition) is 1. The lowest BCUT2D eigenvalue weighted by molar-refractivity contribution is 0.257. The predicted octanol–water partition coefficient (Wildman–Crippen LogP) is 3.23. The SMILES string of the molecule is CC(C)Cc1ccc(C(N)CN(C)C(C)C)cc1. The third-order valence-electron chi connectivity index (χ3n) is 3.42. The Morgan fingerprint density at radius 1 is 1.06 bits per heavy atom. The zero-order valence-corrected chi connectivity index (χ0v) is 12.5. The Labute approximate surface area is 112 Å². The Hall–Kier alpha value is -0.860. The molecule has 1 rings (SSSR count). The van der Waals surface area contributed by atoms with Crippen LogP contribution in [0, 0.1) is 5.92 Å². The first-order chi connectivity index (χ1) is 8.40. The van der Waals surface area contributed by atoms with Gasteiger partial charge in [0.05, 0.1) is 0 Å². The second-order valence-corrected chi connectivity index (χ2v) is 5.98. The monoisotopic (exact) mass is 248 g/mol. The molecule has 1 aromatic carbocycles. The number of nitrogens with zero attached hydrogens (tertiary/aromatic N) is 1. The minimum absolute atomic E-state index is 0.102. The van der Waals surface area contributed by atoms with Crippen LogP contribution in [-0.2, 0) is 6.42 Å². The first-order valence-corrected chi connectivity index (χ1v) is 6.94. The molecule has 0 amide bonds. The van der Waals surface area contributed by atoms with Crippen LogP contribution in [-0.4, -0.2) is 24.5 Å². The molecule has 18 heavy (non-hydrogen) atoms. The largest absolute Gasteiger partial charge is 0.323 e. The molecular weight excluding hydrogens is 220 g/mol. The molecule has 0 aromatic heterocycles. The van der Waals surface area contributed by atoms with Crippen LogP contribution in [0.2, 0.25) is 0 Å². The first kappa shape index (κ1) is 15.2. The van der Waals surface area contributed by atoms with Gasteiger partial charge in [0.15, 0.2) is 0 Å². The fourth-order valence-electron chi connectivity index (χ4n) is 2.00. The van der Waals surface area contributed by atoms with Gasteiger partial charge in [-0.25, -0.2) is 0 Å². The van der Waals surface area contributed by atoms with Gasteiger partial charge in [-0.2, -0.15) is 0 Å². The molecule has 0 radical (unpaired) electrons. The van der Waals surface area contributed by atoms with Gasteiger partial charge in [0, 0.05) is 18.6 Å². The Morgan fingerprint density at radius 3 is 2.06 bits per heavy atom. The number of hydrogen-bond acceptors (Lipinski definition) is 2. The van der Waals surface area contributed by atoms with Crippen molar-refractivity contribution in [2.24, 2.45) is 11.7 Å². The van der Waals surface area contributed by atoms with Crippen LogP contribution in [0.15, 0.2) is 24.3 Å². The summed E-state index contributed by atoms with van der Waals surface area (Å²) in [5.41, 5.74) is 8.88. The lowest BCUT2D eigenvalue weighted by atomic mass is 9.99. The second-order valence-electron chi connectivity index (χ2n) is 5.98. The van der Waals surface area contributed by atoms with Gasteiger partial charge in [-0.15, -0.1) is 0 Å². The van der Waals surface area contributed by atoms with Gasteiger partial charge in [-0.1, -0.05) is 38.1 Å². The van der Waals surface area contributed by atoms with Gasteiger partial charge in [-0.3, -0.25) is 0 Å². The highest BCUT2D eigenvalue weighted by Crippen LogP contribution is 2.15. The van der Waals surface area contributed by atoms with Crippen molar-refractivity contribution in [2.75, 3.05) is 13.6 Å². The molecule has 0 aliphatic rings. The van der Waals surface area contributed by atoms with E-state index in [1.54, 1.807) is 0 Å². The number of nitrogens with two attached hydrogens (primary N) is 1. The van der Waals surface area contributed by atoms with Crippen LogP contribution < -0.4 is 5.73 Å². The van der Waals surface area contributed by atoms with E-state index in [9.17, 15) is 0 Å². The Morgan fingerprint density at radius 2 is 1.61 bits per heavy atom. The summed E-state index contributed by atoms with van der Waals surface area (Å²) in [6, 6.07) is 9.42. The highest BCUT2D eigenvalue weighted by atomic mass is 15.1. The summed E-state index contributed by atoms with van der Waals surface area (Å²) in [7, 11) is 2.12. The number of rotatable bonds is 6. The molecule has 0 saturated carbocycles. The van der Waals surface area contributed by atoms with Crippen molar-refractivity contribution in [3.63, 3.8) is 0 Å². The number of benzene rings is 1. The van der Waals surface area contributed by atoms with E-state index in [1.807, 2.05) is 0 Å². The van der Waals surface area contributed by atoms with E-state index in [1.165, 1.54) is 11.1 Å². The fourth-order valence-corrected chi connectivity index (χ4v) is 2.00. The van der Waals surface area contributed by atoms with Crippen LogP contribution >= 0.6 is 0 Å². The fraction of sp³-hybridized carbons (Fsp3) is 0.625. The molecule has 102 valence electrons. The summed E-state index contributed by atoms with van der Waals surface area (Å²) < 4.78 is 0. The van der Waals surface area contributed by atoms with Crippen LogP contribution in [0.1, 0.15) is 44.9 Å². The molecule has 0 heterocycles. The van der Waals surface area contributed by atoms with E-state index in [0.717, 1.165) is 13.0 Å². The Kier molecular flexibility index (Phi) is 5.83. The van der Waals surface area contributed by atoms with E-state index < -0.39 is 0 Å². The maximum atomic E-state index is 6.24. The molecule has 2 N–H and O–H groups in total. The lowest BCUT2D eigenvalue weighted by Crippen LogP contribution is -2.33. The maximum absolute atomic E-state index is 6.24. The molecule has 2 nitrogen and oxygen atoms in total. The van der Waals surface area contributed by atoms with Gasteiger partial charge < -0.3 is 10.6 Å². The van der Waals surface area contributed by atoms with Crippen molar-refractivity contribution in [1.29, 1.82) is 0 Å². The second kappa shape index (κ2) is 6.91. The van der Waals surface area contributed by atoms with Crippen molar-refractivity contribution < 1.29 is 0 Å². The lowest BCUT2D eigenvalue weighted by Gasteiger charge is -2.25. The van der Waals surface area contributed by atoms with Crippen LogP contribution in [0.5, 0.6) is 0 Å². The summed E-state index contributed by atoms with van der Waals surface area (Å²) in [5, 5.41) is 0. The average Bonchev–Trinajstić information content (AvgIpc) is 2.28. The van der Waals surface area contributed by atoms with Crippen molar-refractivity contribution in [1.82, 2.24) is 4.90 Å². The molecule has 0 spiro atoms. The molecule has 1 atom stereocenters. The van der Waals surface area contributed by atoms with Crippen molar-refractivity contribution in [2.45, 2.75) is 46.2 Å². The predicted molar refractivity (Wildman–Crippen MR) is 79.7 cm³/mol. The standard InChI is InChI=1S/C16H28N2/c1-12(2)10-14-6-8-15(9-7-14)16(17)11-18(5)13(3)4/h6-9,12-13,16H,10-11,17H2,1-5H3. The van der Waals surface area contributed by atoms with Gasteiger partial charge in [0.1, 0.15) is 0 Å². The third-order valence-corrected chi connectivity index (χ3v) is 3.42. The van der Waals surface area contributed by atoms with Gasteiger partial charge in [0.2, 0.25) is 0 Å². The number of likely N-dealkylation sites (N-methyl/N-ethyl adjacent to an activating group) is 1. The molecule has 1 aromatic rings. The van der Waals surface area contributed by atoms with E-state index in [-0.39, 0.29) is 6.04 Å². The first-order valence-electron chi connectivity index (χ1n) is 6.94. The van der Waals surface area contributed by atoms with Gasteiger partial charge >= 0.3 is 0 Å². The van der Waals surface area contributed by atoms with Crippen LogP contribution in [0.3, 0.4) is 0 Å². The molecule has 2 heteroatoms. The van der Waals surface area contributed by atoms with Crippen molar-refractivity contribution >= 4 is 0 Å². The van der Waals surface area contributed by atoms with Crippen molar-refractivity contribution in [3.8, 4) is 0 Å². The Balaban J connectivity index is 2.61. The van der Waals surface area contributed by atoms with Crippen LogP contribution in [0.4, 0.5) is 0 Å². The summed E-state index contributed by atoms with van der Waals surface area (Å²) in [5.74, 6) is 0.705. The highest BCUT2D eigenvalue weighted by molar-refractivity contribution is 5.25. The average molecular weight is 248 g/mol. The molecule has 0 aliphatic carbocycles. The van der Waals surface area contributed by atoms with E-state index in [0.29, 0.717) is 12.0 Å².